The Kier molecular flexibility index (Phi) is 2.78. The quantitative estimate of drug-likeness (QED) is 0.576. The monoisotopic (exact) mass is 354 g/mol. The first-order valence-corrected chi connectivity index (χ1v) is 8.06. The van der Waals surface area contributed by atoms with Crippen molar-refractivity contribution in [2.24, 2.45) is 0 Å². The van der Waals surface area contributed by atoms with E-state index in [0.717, 1.165) is 15.6 Å². The highest BCUT2D eigenvalue weighted by atomic mass is 79.9. The Bertz CT molecular complexity index is 822. The van der Waals surface area contributed by atoms with Crippen molar-refractivity contribution in [3.05, 3.63) is 81.3 Å². The number of halogens is 1. The molecular formula is C19H15BrO2. The van der Waals surface area contributed by atoms with Crippen LogP contribution in [0.15, 0.2) is 59.1 Å². The van der Waals surface area contributed by atoms with Crippen LogP contribution in [0.25, 0.3) is 0 Å². The number of benzene rings is 2. The van der Waals surface area contributed by atoms with E-state index in [2.05, 4.69) is 41.9 Å². The van der Waals surface area contributed by atoms with Gasteiger partial charge in [0.1, 0.15) is 11.2 Å². The van der Waals surface area contributed by atoms with Crippen LogP contribution in [-0.2, 0) is 15.9 Å². The Balaban J connectivity index is 1.78. The molecule has 3 heteroatoms. The Morgan fingerprint density at radius 1 is 0.909 bits per heavy atom. The number of carbonyl (C=O) groups excluding carboxylic acids is 1. The maximum Gasteiger partial charge on any atom is 0.193 e. The topological polar surface area (TPSA) is 26.3 Å². The van der Waals surface area contributed by atoms with Crippen LogP contribution in [0, 0.1) is 0 Å². The lowest BCUT2D eigenvalue weighted by Gasteiger charge is -2.18. The number of hydrogen-bond donors (Lipinski definition) is 0. The van der Waals surface area contributed by atoms with Gasteiger partial charge < -0.3 is 4.74 Å². The molecule has 22 heavy (non-hydrogen) atoms. The zero-order valence-electron chi connectivity index (χ0n) is 12.4. The van der Waals surface area contributed by atoms with Gasteiger partial charge in [0.2, 0.25) is 0 Å². The molecular weight excluding hydrogens is 340 g/mol. The van der Waals surface area contributed by atoms with E-state index in [-0.39, 0.29) is 11.4 Å². The Labute approximate surface area is 137 Å². The number of carbonyl (C=O) groups is 1. The van der Waals surface area contributed by atoms with Crippen molar-refractivity contribution in [3.8, 4) is 0 Å². The second-order valence-corrected chi connectivity index (χ2v) is 7.16. The zero-order chi connectivity index (χ0) is 15.5. The Morgan fingerprint density at radius 3 is 2.18 bits per heavy atom. The SMILES string of the molecule is CC12C=CC(C)(O1)c1cc(C(=O)c3ccc(Br)cc3)ccc12. The predicted molar refractivity (Wildman–Crippen MR) is 88.9 cm³/mol. The second-order valence-electron chi connectivity index (χ2n) is 6.25. The zero-order valence-corrected chi connectivity index (χ0v) is 14.0. The molecule has 2 aliphatic rings. The minimum Gasteiger partial charge on any atom is -0.351 e. The average molecular weight is 355 g/mol. The molecule has 0 fully saturated rings. The largest absolute Gasteiger partial charge is 0.351 e. The summed E-state index contributed by atoms with van der Waals surface area (Å²) in [6.45, 7) is 4.12. The van der Waals surface area contributed by atoms with Gasteiger partial charge in [-0.1, -0.05) is 28.1 Å². The maximum absolute atomic E-state index is 12.7. The van der Waals surface area contributed by atoms with Gasteiger partial charge in [0, 0.05) is 15.6 Å². The van der Waals surface area contributed by atoms with Gasteiger partial charge >= 0.3 is 0 Å². The predicted octanol–water partition coefficient (Wildman–Crippen LogP) is 4.71. The van der Waals surface area contributed by atoms with E-state index >= 15 is 0 Å². The minimum atomic E-state index is -0.417. The molecule has 2 nitrogen and oxygen atoms in total. The fraction of sp³-hybridized carbons (Fsp3) is 0.211. The lowest BCUT2D eigenvalue weighted by Crippen LogP contribution is -2.17. The van der Waals surface area contributed by atoms with Gasteiger partial charge in [0.05, 0.1) is 0 Å². The summed E-state index contributed by atoms with van der Waals surface area (Å²) in [5.41, 5.74) is 2.88. The molecule has 2 atom stereocenters. The summed E-state index contributed by atoms with van der Waals surface area (Å²) in [6, 6.07) is 13.4. The van der Waals surface area contributed by atoms with Crippen LogP contribution in [0.3, 0.4) is 0 Å². The van der Waals surface area contributed by atoms with E-state index in [1.54, 1.807) is 0 Å². The summed E-state index contributed by atoms with van der Waals surface area (Å²) < 4.78 is 7.11. The van der Waals surface area contributed by atoms with Crippen molar-refractivity contribution in [1.29, 1.82) is 0 Å². The number of ketones is 1. The van der Waals surface area contributed by atoms with Gasteiger partial charge in [-0.3, -0.25) is 4.79 Å². The molecule has 4 rings (SSSR count). The summed E-state index contributed by atoms with van der Waals surface area (Å²) >= 11 is 3.39. The van der Waals surface area contributed by atoms with Crippen LogP contribution in [-0.4, -0.2) is 5.78 Å². The first-order chi connectivity index (χ1) is 10.4. The molecule has 0 saturated carbocycles. The second kappa shape index (κ2) is 4.40. The number of hydrogen-bond acceptors (Lipinski definition) is 2. The Hall–Kier alpha value is -1.71. The molecule has 0 radical (unpaired) electrons. The van der Waals surface area contributed by atoms with Gasteiger partial charge in [-0.05, 0) is 67.5 Å². The molecule has 0 spiro atoms. The maximum atomic E-state index is 12.7. The van der Waals surface area contributed by atoms with Crippen molar-refractivity contribution in [3.63, 3.8) is 0 Å². The minimum absolute atomic E-state index is 0.0378. The molecule has 2 bridgehead atoms. The van der Waals surface area contributed by atoms with Crippen LogP contribution < -0.4 is 0 Å². The van der Waals surface area contributed by atoms with Crippen molar-refractivity contribution >= 4 is 21.7 Å². The van der Waals surface area contributed by atoms with Crippen LogP contribution in [0.5, 0.6) is 0 Å². The van der Waals surface area contributed by atoms with Crippen molar-refractivity contribution in [1.82, 2.24) is 0 Å². The summed E-state index contributed by atoms with van der Waals surface area (Å²) in [5, 5.41) is 0. The molecule has 0 saturated heterocycles. The third kappa shape index (κ3) is 1.86. The molecule has 2 aliphatic heterocycles. The highest BCUT2D eigenvalue weighted by molar-refractivity contribution is 9.10. The normalized spacial score (nSPS) is 28.0. The van der Waals surface area contributed by atoms with Gasteiger partial charge in [0.25, 0.3) is 0 Å². The number of ether oxygens (including phenoxy) is 1. The Morgan fingerprint density at radius 2 is 1.50 bits per heavy atom. The average Bonchev–Trinajstić information content (AvgIpc) is 2.95. The van der Waals surface area contributed by atoms with Crippen LogP contribution in [0.4, 0.5) is 0 Å². The van der Waals surface area contributed by atoms with Crippen LogP contribution in [0.2, 0.25) is 0 Å². The van der Waals surface area contributed by atoms with E-state index in [1.165, 1.54) is 0 Å². The first kappa shape index (κ1) is 13.9. The van der Waals surface area contributed by atoms with Crippen molar-refractivity contribution in [2.45, 2.75) is 25.0 Å². The third-order valence-corrected chi connectivity index (χ3v) is 5.13. The van der Waals surface area contributed by atoms with E-state index in [9.17, 15) is 4.79 Å². The van der Waals surface area contributed by atoms with Gasteiger partial charge in [-0.25, -0.2) is 0 Å². The number of fused-ring (bicyclic) bond motifs is 5. The summed E-state index contributed by atoms with van der Waals surface area (Å²) in [5.74, 6) is 0.0378. The summed E-state index contributed by atoms with van der Waals surface area (Å²) in [4.78, 5) is 12.7. The van der Waals surface area contributed by atoms with E-state index in [1.807, 2.05) is 42.5 Å². The van der Waals surface area contributed by atoms with Gasteiger partial charge in [-0.15, -0.1) is 0 Å². The molecule has 0 aromatic heterocycles. The molecule has 0 aliphatic carbocycles. The third-order valence-electron chi connectivity index (χ3n) is 4.60. The van der Waals surface area contributed by atoms with Gasteiger partial charge in [-0.2, -0.15) is 0 Å². The molecule has 110 valence electrons. The fourth-order valence-corrected chi connectivity index (χ4v) is 3.68. The molecule has 2 aromatic rings. The van der Waals surface area contributed by atoms with Crippen LogP contribution >= 0.6 is 15.9 Å². The molecule has 0 amide bonds. The van der Waals surface area contributed by atoms with Crippen molar-refractivity contribution in [2.75, 3.05) is 0 Å². The smallest absolute Gasteiger partial charge is 0.193 e. The van der Waals surface area contributed by atoms with Crippen molar-refractivity contribution < 1.29 is 9.53 Å². The molecule has 2 heterocycles. The molecule has 0 N–H and O–H groups in total. The van der Waals surface area contributed by atoms with Crippen LogP contribution in [0.1, 0.15) is 40.9 Å². The molecule has 2 unspecified atom stereocenters. The van der Waals surface area contributed by atoms with E-state index in [4.69, 9.17) is 4.74 Å². The molecule has 2 aromatic carbocycles. The van der Waals surface area contributed by atoms with Gasteiger partial charge in [0.15, 0.2) is 5.78 Å². The lowest BCUT2D eigenvalue weighted by molar-refractivity contribution is -0.0495. The highest BCUT2D eigenvalue weighted by Gasteiger charge is 2.50. The lowest BCUT2D eigenvalue weighted by atomic mass is 9.82. The standard InChI is InChI=1S/C19H15BrO2/c1-18-9-10-19(2,22-18)16-11-13(5-8-15(16)18)17(21)12-3-6-14(20)7-4-12/h3-11H,1-2H3. The number of rotatable bonds is 2. The first-order valence-electron chi connectivity index (χ1n) is 7.27. The van der Waals surface area contributed by atoms with E-state index < -0.39 is 5.60 Å². The fourth-order valence-electron chi connectivity index (χ4n) is 3.41. The van der Waals surface area contributed by atoms with E-state index in [0.29, 0.717) is 11.1 Å². The summed E-state index contributed by atoms with van der Waals surface area (Å²) in [7, 11) is 0. The highest BCUT2D eigenvalue weighted by Crippen LogP contribution is 2.53. The summed E-state index contributed by atoms with van der Waals surface area (Å²) in [6.07, 6.45) is 4.19.